The summed E-state index contributed by atoms with van der Waals surface area (Å²) in [5.41, 5.74) is 0.540. The number of benzene rings is 3. The molecule has 1 heterocycles. The summed E-state index contributed by atoms with van der Waals surface area (Å²) in [6.45, 7) is 0. The molecule has 3 aromatic carbocycles. The number of para-hydroxylation sites is 1. The van der Waals surface area contributed by atoms with Crippen molar-refractivity contribution in [1.29, 1.82) is 0 Å². The van der Waals surface area contributed by atoms with Gasteiger partial charge < -0.3 is 4.74 Å². The Kier molecular flexibility index (Phi) is 6.35. The average molecular weight is 487 g/mol. The summed E-state index contributed by atoms with van der Waals surface area (Å²) in [4.78, 5) is 12.3. The van der Waals surface area contributed by atoms with Crippen LogP contribution in [0.2, 0.25) is 5.02 Å². The Morgan fingerprint density at radius 2 is 1.62 bits per heavy atom. The Morgan fingerprint density at radius 1 is 0.938 bits per heavy atom. The van der Waals surface area contributed by atoms with Gasteiger partial charge in [-0.05, 0) is 42.5 Å². The average Bonchev–Trinajstić information content (AvgIpc) is 3.26. The maximum atomic E-state index is 12.9. The van der Waals surface area contributed by atoms with Crippen LogP contribution in [0, 0.1) is 0 Å². The number of sulfonamides is 1. The second-order valence-corrected chi connectivity index (χ2v) is 9.62. The first-order chi connectivity index (χ1) is 15.4. The van der Waals surface area contributed by atoms with Crippen LogP contribution in [-0.4, -0.2) is 24.5 Å². The van der Waals surface area contributed by atoms with Crippen LogP contribution < -0.4 is 14.8 Å². The van der Waals surface area contributed by atoms with E-state index in [1.165, 1.54) is 6.07 Å². The number of carbonyl (C=O) groups excluding carboxylic acids is 1. The maximum Gasteiger partial charge on any atom is 0.291 e. The van der Waals surface area contributed by atoms with Gasteiger partial charge in [-0.2, -0.15) is 8.42 Å². The van der Waals surface area contributed by atoms with Crippen LogP contribution in [0.3, 0.4) is 0 Å². The molecule has 0 aliphatic heterocycles. The molecule has 0 saturated heterocycles. The van der Waals surface area contributed by atoms with Gasteiger partial charge in [0.2, 0.25) is 5.13 Å². The SMILES string of the molecule is O=C(Nc1nnc(S(=O)(=O)Nc2cc(Cl)ccc2Oc2ccccc2)s1)c1ccccc1. The Balaban J connectivity index is 1.54. The van der Waals surface area contributed by atoms with E-state index in [1.54, 1.807) is 66.7 Å². The van der Waals surface area contributed by atoms with Crippen LogP contribution in [0.5, 0.6) is 11.5 Å². The molecular formula is C21H15ClN4O4S2. The van der Waals surface area contributed by atoms with Gasteiger partial charge in [-0.1, -0.05) is 59.3 Å². The Labute approximate surface area is 192 Å². The topological polar surface area (TPSA) is 110 Å². The number of nitrogens with one attached hydrogen (secondary N) is 2. The van der Waals surface area contributed by atoms with E-state index in [0.29, 0.717) is 16.3 Å². The predicted octanol–water partition coefficient (Wildman–Crippen LogP) is 5.04. The first-order valence-corrected chi connectivity index (χ1v) is 11.8. The van der Waals surface area contributed by atoms with Crippen LogP contribution >= 0.6 is 22.9 Å². The summed E-state index contributed by atoms with van der Waals surface area (Å²) in [5.74, 6) is 0.357. The van der Waals surface area contributed by atoms with Crippen molar-refractivity contribution in [2.24, 2.45) is 0 Å². The van der Waals surface area contributed by atoms with Gasteiger partial charge in [0.15, 0.2) is 5.75 Å². The Morgan fingerprint density at radius 3 is 2.34 bits per heavy atom. The molecule has 1 amide bonds. The van der Waals surface area contributed by atoms with Crippen LogP contribution in [0.4, 0.5) is 10.8 Å². The molecule has 0 bridgehead atoms. The van der Waals surface area contributed by atoms with E-state index >= 15 is 0 Å². The second kappa shape index (κ2) is 9.35. The molecule has 4 rings (SSSR count). The molecule has 0 fully saturated rings. The van der Waals surface area contributed by atoms with Crippen molar-refractivity contribution in [1.82, 2.24) is 10.2 Å². The minimum Gasteiger partial charge on any atom is -0.455 e. The van der Waals surface area contributed by atoms with E-state index in [9.17, 15) is 13.2 Å². The van der Waals surface area contributed by atoms with E-state index < -0.39 is 15.9 Å². The van der Waals surface area contributed by atoms with E-state index in [4.69, 9.17) is 16.3 Å². The highest BCUT2D eigenvalue weighted by Gasteiger charge is 2.23. The molecular weight excluding hydrogens is 472 g/mol. The van der Waals surface area contributed by atoms with Gasteiger partial charge in [0.1, 0.15) is 5.75 Å². The molecule has 0 radical (unpaired) electrons. The standard InChI is InChI=1S/C21H15ClN4O4S2/c22-15-11-12-18(30-16-9-5-2-6-10-16)17(13-15)26-32(28,29)21-25-24-20(31-21)23-19(27)14-7-3-1-4-8-14/h1-13,26H,(H,23,24,27). The molecule has 1 aromatic heterocycles. The molecule has 32 heavy (non-hydrogen) atoms. The number of hydrogen-bond acceptors (Lipinski definition) is 7. The number of ether oxygens (including phenoxy) is 1. The molecule has 0 spiro atoms. The molecule has 8 nitrogen and oxygen atoms in total. The minimum atomic E-state index is -4.12. The molecule has 2 N–H and O–H groups in total. The smallest absolute Gasteiger partial charge is 0.291 e. The van der Waals surface area contributed by atoms with Gasteiger partial charge in [0, 0.05) is 10.6 Å². The van der Waals surface area contributed by atoms with Crippen molar-refractivity contribution < 1.29 is 17.9 Å². The first kappa shape index (κ1) is 21.8. The van der Waals surface area contributed by atoms with Crippen LogP contribution in [-0.2, 0) is 10.0 Å². The number of aromatic nitrogens is 2. The van der Waals surface area contributed by atoms with Gasteiger partial charge in [-0.15, -0.1) is 10.2 Å². The molecule has 162 valence electrons. The molecule has 4 aromatic rings. The van der Waals surface area contributed by atoms with Gasteiger partial charge in [-0.3, -0.25) is 14.8 Å². The quantitative estimate of drug-likeness (QED) is 0.354. The molecule has 11 heteroatoms. The molecule has 0 atom stereocenters. The lowest BCUT2D eigenvalue weighted by molar-refractivity contribution is 0.102. The monoisotopic (exact) mass is 486 g/mol. The first-order valence-electron chi connectivity index (χ1n) is 9.16. The number of hydrogen-bond donors (Lipinski definition) is 2. The van der Waals surface area contributed by atoms with Crippen LogP contribution in [0.25, 0.3) is 0 Å². The fourth-order valence-electron chi connectivity index (χ4n) is 2.60. The zero-order chi connectivity index (χ0) is 22.6. The number of amides is 1. The molecule has 0 unspecified atom stereocenters. The number of rotatable bonds is 7. The van der Waals surface area contributed by atoms with Gasteiger partial charge in [0.25, 0.3) is 20.3 Å². The Hall–Kier alpha value is -3.47. The van der Waals surface area contributed by atoms with Gasteiger partial charge in [-0.25, -0.2) is 0 Å². The third-order valence-corrected chi connectivity index (χ3v) is 6.86. The zero-order valence-electron chi connectivity index (χ0n) is 16.2. The number of nitrogens with zero attached hydrogens (tertiary/aromatic N) is 2. The second-order valence-electron chi connectivity index (χ2n) is 6.35. The lowest BCUT2D eigenvalue weighted by atomic mass is 10.2. The van der Waals surface area contributed by atoms with E-state index in [1.807, 2.05) is 6.07 Å². The third kappa shape index (κ3) is 5.22. The highest BCUT2D eigenvalue weighted by Crippen LogP contribution is 2.34. The lowest BCUT2D eigenvalue weighted by Crippen LogP contribution is -2.13. The molecule has 0 aliphatic rings. The summed E-state index contributed by atoms with van der Waals surface area (Å²) in [5, 5.41) is 10.4. The summed E-state index contributed by atoms with van der Waals surface area (Å²) in [6.07, 6.45) is 0. The van der Waals surface area contributed by atoms with Crippen molar-refractivity contribution in [3.05, 3.63) is 89.4 Å². The largest absolute Gasteiger partial charge is 0.455 e. The van der Waals surface area contributed by atoms with E-state index in [-0.39, 0.29) is 20.9 Å². The zero-order valence-corrected chi connectivity index (χ0v) is 18.6. The summed E-state index contributed by atoms with van der Waals surface area (Å²) in [7, 11) is -4.12. The fraction of sp³-hybridized carbons (Fsp3) is 0. The number of anilines is 2. The lowest BCUT2D eigenvalue weighted by Gasteiger charge is -2.12. The van der Waals surface area contributed by atoms with E-state index in [2.05, 4.69) is 20.2 Å². The Bertz CT molecular complexity index is 1350. The van der Waals surface area contributed by atoms with Crippen molar-refractivity contribution >= 4 is 49.7 Å². The maximum absolute atomic E-state index is 12.9. The third-order valence-electron chi connectivity index (χ3n) is 4.05. The summed E-state index contributed by atoms with van der Waals surface area (Å²) in [6, 6.07) is 21.9. The van der Waals surface area contributed by atoms with Crippen LogP contribution in [0.15, 0.2) is 83.2 Å². The highest BCUT2D eigenvalue weighted by molar-refractivity contribution is 7.94. The normalized spacial score (nSPS) is 11.0. The molecule has 0 saturated carbocycles. The number of carbonyl (C=O) groups is 1. The number of halogens is 1. The van der Waals surface area contributed by atoms with Crippen LogP contribution in [0.1, 0.15) is 10.4 Å². The summed E-state index contributed by atoms with van der Waals surface area (Å²) < 4.78 is 33.6. The van der Waals surface area contributed by atoms with Gasteiger partial charge >= 0.3 is 0 Å². The van der Waals surface area contributed by atoms with E-state index in [0.717, 1.165) is 11.3 Å². The van der Waals surface area contributed by atoms with Crippen molar-refractivity contribution in [3.8, 4) is 11.5 Å². The predicted molar refractivity (Wildman–Crippen MR) is 123 cm³/mol. The molecule has 0 aliphatic carbocycles. The fourth-order valence-corrected chi connectivity index (χ4v) is 4.73. The van der Waals surface area contributed by atoms with Crippen molar-refractivity contribution in [3.63, 3.8) is 0 Å². The van der Waals surface area contributed by atoms with Crippen molar-refractivity contribution in [2.45, 2.75) is 4.34 Å². The minimum absolute atomic E-state index is 0.0473. The summed E-state index contributed by atoms with van der Waals surface area (Å²) >= 11 is 6.77. The highest BCUT2D eigenvalue weighted by atomic mass is 35.5. The van der Waals surface area contributed by atoms with Gasteiger partial charge in [0.05, 0.1) is 5.69 Å². The van der Waals surface area contributed by atoms with Crippen molar-refractivity contribution in [2.75, 3.05) is 10.0 Å².